The number of nitrogens with one attached hydrogen (secondary N) is 1. The highest BCUT2D eigenvalue weighted by molar-refractivity contribution is 7.13. The van der Waals surface area contributed by atoms with Crippen molar-refractivity contribution in [2.24, 2.45) is 0 Å². The maximum atomic E-state index is 10.8. The summed E-state index contributed by atoms with van der Waals surface area (Å²) in [5.41, 5.74) is 0.912. The molecule has 1 aromatic rings. The third-order valence-electron chi connectivity index (χ3n) is 1.39. The predicted octanol–water partition coefficient (Wildman–Crippen LogP) is 0.868. The number of carbonyl (C=O) groups is 1. The lowest BCUT2D eigenvalue weighted by molar-refractivity contribution is -0.114. The highest BCUT2D eigenvalue weighted by Crippen LogP contribution is 2.02. The maximum Gasteiger partial charge on any atom is 0.223 e. The summed E-state index contributed by atoms with van der Waals surface area (Å²) in [6.45, 7) is 10.9. The summed E-state index contributed by atoms with van der Waals surface area (Å²) in [5, 5.41) is 3.97. The van der Waals surface area contributed by atoms with E-state index in [4.69, 9.17) is 0 Å². The number of anilines is 1. The van der Waals surface area contributed by atoms with Crippen LogP contribution < -0.4 is 15.2 Å². The number of allylic oxidation sites excluding steroid dienone is 1. The SMILES string of the molecule is C=C(C)/C=c1/nc(NC(C)=O)sc1=C. The average molecular weight is 208 g/mol. The minimum Gasteiger partial charge on any atom is -0.302 e. The second-order valence-corrected chi connectivity index (χ2v) is 4.08. The molecule has 0 atom stereocenters. The Hall–Kier alpha value is -1.42. The van der Waals surface area contributed by atoms with E-state index >= 15 is 0 Å². The molecule has 0 fully saturated rings. The first kappa shape index (κ1) is 10.7. The van der Waals surface area contributed by atoms with Crippen LogP contribution in [0, 0.1) is 0 Å². The lowest BCUT2D eigenvalue weighted by Crippen LogP contribution is -2.19. The van der Waals surface area contributed by atoms with Crippen LogP contribution in [-0.2, 0) is 4.79 Å². The van der Waals surface area contributed by atoms with Gasteiger partial charge in [0.25, 0.3) is 0 Å². The number of nitrogens with zero attached hydrogens (tertiary/aromatic N) is 1. The van der Waals surface area contributed by atoms with Gasteiger partial charge in [-0.2, -0.15) is 0 Å². The lowest BCUT2D eigenvalue weighted by atomic mass is 10.3. The van der Waals surface area contributed by atoms with E-state index in [1.165, 1.54) is 18.3 Å². The molecule has 0 bridgehead atoms. The smallest absolute Gasteiger partial charge is 0.223 e. The van der Waals surface area contributed by atoms with Crippen molar-refractivity contribution in [3.63, 3.8) is 0 Å². The van der Waals surface area contributed by atoms with Crippen LogP contribution in [-0.4, -0.2) is 10.9 Å². The van der Waals surface area contributed by atoms with E-state index in [1.54, 1.807) is 0 Å². The number of amides is 1. The van der Waals surface area contributed by atoms with Crippen LogP contribution in [0.3, 0.4) is 0 Å². The molecular weight excluding hydrogens is 196 g/mol. The Bertz CT molecular complexity index is 473. The Morgan fingerprint density at radius 1 is 1.57 bits per heavy atom. The van der Waals surface area contributed by atoms with Gasteiger partial charge < -0.3 is 5.32 Å². The van der Waals surface area contributed by atoms with Crippen LogP contribution in [0.5, 0.6) is 0 Å². The summed E-state index contributed by atoms with van der Waals surface area (Å²) in [6, 6.07) is 0. The molecule has 0 saturated carbocycles. The largest absolute Gasteiger partial charge is 0.302 e. The summed E-state index contributed by atoms with van der Waals surface area (Å²) >= 11 is 1.36. The summed E-state index contributed by atoms with van der Waals surface area (Å²) in [4.78, 5) is 15.0. The highest BCUT2D eigenvalue weighted by atomic mass is 32.1. The molecule has 4 heteroatoms. The van der Waals surface area contributed by atoms with Crippen molar-refractivity contribution in [1.82, 2.24) is 4.98 Å². The number of aromatic nitrogens is 1. The Labute approximate surface area is 86.5 Å². The summed E-state index contributed by atoms with van der Waals surface area (Å²) in [7, 11) is 0. The zero-order valence-corrected chi connectivity index (χ0v) is 9.07. The molecule has 0 unspecified atom stereocenters. The van der Waals surface area contributed by atoms with Crippen molar-refractivity contribution in [3.05, 3.63) is 22.0 Å². The van der Waals surface area contributed by atoms with Gasteiger partial charge in [-0.3, -0.25) is 4.79 Å². The van der Waals surface area contributed by atoms with Gasteiger partial charge in [0.2, 0.25) is 5.91 Å². The molecule has 0 saturated heterocycles. The fraction of sp³-hybridized carbons (Fsp3) is 0.200. The van der Waals surface area contributed by atoms with Gasteiger partial charge in [-0.25, -0.2) is 4.98 Å². The summed E-state index contributed by atoms with van der Waals surface area (Å²) in [6.07, 6.45) is 1.84. The molecule has 14 heavy (non-hydrogen) atoms. The number of hydrogen-bond donors (Lipinski definition) is 1. The van der Waals surface area contributed by atoms with E-state index in [0.29, 0.717) is 5.13 Å². The lowest BCUT2D eigenvalue weighted by Gasteiger charge is -1.91. The van der Waals surface area contributed by atoms with Gasteiger partial charge in [0, 0.05) is 11.5 Å². The normalized spacial score (nSPS) is 11.4. The van der Waals surface area contributed by atoms with Gasteiger partial charge in [0.1, 0.15) is 0 Å². The summed E-state index contributed by atoms with van der Waals surface area (Å²) < 4.78 is 0.830. The number of carbonyl (C=O) groups excluding carboxylic acids is 1. The fourth-order valence-electron chi connectivity index (χ4n) is 0.914. The van der Waals surface area contributed by atoms with Crippen molar-refractivity contribution >= 4 is 35.0 Å². The third kappa shape index (κ3) is 2.81. The van der Waals surface area contributed by atoms with Crippen molar-refractivity contribution in [2.75, 3.05) is 5.32 Å². The molecule has 74 valence electrons. The highest BCUT2D eigenvalue weighted by Gasteiger charge is 1.99. The second-order valence-electron chi connectivity index (χ2n) is 3.00. The Balaban J connectivity index is 3.12. The standard InChI is InChI=1S/C10H12N2OS/c1-6(2)5-9-7(3)14-10(12-9)11-8(4)13/h5H,1,3H2,2,4H3,(H,11,12,13)/b9-5+. The molecule has 1 heterocycles. The summed E-state index contributed by atoms with van der Waals surface area (Å²) in [5.74, 6) is -0.124. The third-order valence-corrected chi connectivity index (χ3v) is 2.24. The van der Waals surface area contributed by atoms with E-state index in [0.717, 1.165) is 15.5 Å². The molecule has 0 radical (unpaired) electrons. The maximum absolute atomic E-state index is 10.8. The van der Waals surface area contributed by atoms with E-state index < -0.39 is 0 Å². The van der Waals surface area contributed by atoms with Crippen molar-refractivity contribution in [1.29, 1.82) is 0 Å². The van der Waals surface area contributed by atoms with Gasteiger partial charge in [0.05, 0.1) is 5.35 Å². The number of thiazole rings is 1. The monoisotopic (exact) mass is 208 g/mol. The molecular formula is C10H12N2OS. The molecule has 0 aliphatic carbocycles. The first-order chi connectivity index (χ1) is 6.49. The Morgan fingerprint density at radius 2 is 2.21 bits per heavy atom. The van der Waals surface area contributed by atoms with Gasteiger partial charge in [-0.15, -0.1) is 0 Å². The van der Waals surface area contributed by atoms with E-state index in [2.05, 4.69) is 23.5 Å². The molecule has 0 aliphatic rings. The zero-order chi connectivity index (χ0) is 10.7. The quantitative estimate of drug-likeness (QED) is 0.783. The molecule has 0 spiro atoms. The van der Waals surface area contributed by atoms with Gasteiger partial charge in [-0.05, 0) is 13.0 Å². The van der Waals surface area contributed by atoms with Crippen LogP contribution >= 0.6 is 11.3 Å². The molecule has 1 rings (SSSR count). The molecule has 1 aromatic heterocycles. The van der Waals surface area contributed by atoms with Crippen molar-refractivity contribution in [2.45, 2.75) is 13.8 Å². The van der Waals surface area contributed by atoms with E-state index in [1.807, 2.05) is 13.0 Å². The van der Waals surface area contributed by atoms with Crippen LogP contribution in [0.15, 0.2) is 12.2 Å². The number of hydrogen-bond acceptors (Lipinski definition) is 3. The first-order valence-corrected chi connectivity index (χ1v) is 4.91. The zero-order valence-electron chi connectivity index (χ0n) is 8.26. The molecule has 1 N–H and O–H groups in total. The van der Waals surface area contributed by atoms with Gasteiger partial charge >= 0.3 is 0 Å². The van der Waals surface area contributed by atoms with Crippen LogP contribution in [0.25, 0.3) is 12.7 Å². The molecule has 3 nitrogen and oxygen atoms in total. The van der Waals surface area contributed by atoms with Crippen LogP contribution in [0.2, 0.25) is 0 Å². The second kappa shape index (κ2) is 4.19. The molecule has 1 amide bonds. The Kier molecular flexibility index (Phi) is 3.19. The van der Waals surface area contributed by atoms with E-state index in [-0.39, 0.29) is 5.91 Å². The van der Waals surface area contributed by atoms with Gasteiger partial charge in [0.15, 0.2) is 5.13 Å². The van der Waals surface area contributed by atoms with E-state index in [9.17, 15) is 4.79 Å². The average Bonchev–Trinajstić information content (AvgIpc) is 2.28. The van der Waals surface area contributed by atoms with Crippen molar-refractivity contribution < 1.29 is 4.79 Å². The van der Waals surface area contributed by atoms with Crippen LogP contribution in [0.4, 0.5) is 5.13 Å². The topological polar surface area (TPSA) is 42.0 Å². The number of rotatable bonds is 2. The minimum absolute atomic E-state index is 0.124. The van der Waals surface area contributed by atoms with Crippen LogP contribution in [0.1, 0.15) is 13.8 Å². The first-order valence-electron chi connectivity index (χ1n) is 4.09. The minimum atomic E-state index is -0.124. The fourth-order valence-corrected chi connectivity index (χ4v) is 1.70. The van der Waals surface area contributed by atoms with Gasteiger partial charge in [-0.1, -0.05) is 30.1 Å². The van der Waals surface area contributed by atoms with Crippen molar-refractivity contribution in [3.8, 4) is 0 Å². The molecule has 0 aromatic carbocycles. The predicted molar refractivity (Wildman–Crippen MR) is 60.5 cm³/mol. The molecule has 0 aliphatic heterocycles. The Morgan fingerprint density at radius 3 is 2.71 bits per heavy atom.